The summed E-state index contributed by atoms with van der Waals surface area (Å²) in [6.07, 6.45) is 7.80. The highest BCUT2D eigenvalue weighted by Crippen LogP contribution is 2.28. The zero-order chi connectivity index (χ0) is 23.0. The van der Waals surface area contributed by atoms with E-state index in [1.807, 2.05) is 46.3 Å². The first-order valence-corrected chi connectivity index (χ1v) is 12.3. The molecule has 0 saturated heterocycles. The van der Waals surface area contributed by atoms with Crippen molar-refractivity contribution in [2.24, 2.45) is 5.92 Å². The van der Waals surface area contributed by atoms with Gasteiger partial charge in [-0.2, -0.15) is 0 Å². The highest BCUT2D eigenvalue weighted by Gasteiger charge is 2.31. The second kappa shape index (κ2) is 11.2. The minimum atomic E-state index is 0.0301. The Bertz CT molecular complexity index is 1060. The lowest BCUT2D eigenvalue weighted by Gasteiger charge is -2.33. The number of fused-ring (bicyclic) bond motifs is 1. The molecule has 5 nitrogen and oxygen atoms in total. The molecule has 1 aliphatic rings. The molecule has 1 heterocycles. The summed E-state index contributed by atoms with van der Waals surface area (Å²) >= 11 is 0. The highest BCUT2D eigenvalue weighted by molar-refractivity contribution is 5.86. The fourth-order valence-corrected chi connectivity index (χ4v) is 4.48. The Kier molecular flexibility index (Phi) is 7.82. The number of amides is 2. The first-order chi connectivity index (χ1) is 16.2. The number of unbranched alkanes of at least 4 members (excludes halogenated alkanes) is 1. The van der Waals surface area contributed by atoms with Gasteiger partial charge in [-0.1, -0.05) is 68.3 Å². The lowest BCUT2D eigenvalue weighted by molar-refractivity contribution is -0.145. The molecule has 1 fully saturated rings. The second-order valence-electron chi connectivity index (χ2n) is 9.15. The van der Waals surface area contributed by atoms with Gasteiger partial charge in [0.1, 0.15) is 0 Å². The van der Waals surface area contributed by atoms with Crippen LogP contribution in [0.2, 0.25) is 0 Å². The SMILES string of the molecule is CCCCN(CC(=O)N(CCc1c[nH]c2ccccc12)Cc1ccccc1)C(=O)C1CCC1. The van der Waals surface area contributed by atoms with Crippen molar-refractivity contribution in [3.05, 3.63) is 71.9 Å². The zero-order valence-corrected chi connectivity index (χ0v) is 19.6. The van der Waals surface area contributed by atoms with Crippen LogP contribution in [0.3, 0.4) is 0 Å². The Morgan fingerprint density at radius 3 is 2.45 bits per heavy atom. The molecular formula is C28H35N3O2. The third-order valence-corrected chi connectivity index (χ3v) is 6.77. The zero-order valence-electron chi connectivity index (χ0n) is 19.6. The molecule has 0 bridgehead atoms. The van der Waals surface area contributed by atoms with Crippen molar-refractivity contribution in [1.29, 1.82) is 0 Å². The number of para-hydroxylation sites is 1. The van der Waals surface area contributed by atoms with Gasteiger partial charge < -0.3 is 14.8 Å². The Morgan fingerprint density at radius 2 is 1.73 bits per heavy atom. The van der Waals surface area contributed by atoms with Crippen LogP contribution in [-0.4, -0.2) is 46.2 Å². The first-order valence-electron chi connectivity index (χ1n) is 12.3. The number of aromatic nitrogens is 1. The standard InChI is InChI=1S/C28H35N3O2/c1-2-3-17-31(28(33)23-12-9-13-23)21-27(32)30(20-22-10-5-4-6-11-22)18-16-24-19-29-26-15-8-7-14-25(24)26/h4-8,10-11,14-15,19,23,29H,2-3,9,12-13,16-18,20-21H2,1H3. The van der Waals surface area contributed by atoms with Gasteiger partial charge in [-0.3, -0.25) is 9.59 Å². The normalized spacial score (nSPS) is 13.6. The van der Waals surface area contributed by atoms with Gasteiger partial charge in [0.25, 0.3) is 0 Å². The molecule has 33 heavy (non-hydrogen) atoms. The van der Waals surface area contributed by atoms with Crippen LogP contribution in [0.4, 0.5) is 0 Å². The molecule has 0 spiro atoms. The molecule has 1 aromatic heterocycles. The molecule has 174 valence electrons. The van der Waals surface area contributed by atoms with Gasteiger partial charge in [-0.05, 0) is 42.9 Å². The van der Waals surface area contributed by atoms with Crippen LogP contribution in [0.1, 0.15) is 50.2 Å². The Hall–Kier alpha value is -3.08. The third-order valence-electron chi connectivity index (χ3n) is 6.77. The van der Waals surface area contributed by atoms with Gasteiger partial charge in [0.15, 0.2) is 0 Å². The summed E-state index contributed by atoms with van der Waals surface area (Å²) in [5.41, 5.74) is 3.44. The number of hydrogen-bond acceptors (Lipinski definition) is 2. The molecule has 0 unspecified atom stereocenters. The number of nitrogens with zero attached hydrogens (tertiary/aromatic N) is 2. The summed E-state index contributed by atoms with van der Waals surface area (Å²) in [6, 6.07) is 18.4. The summed E-state index contributed by atoms with van der Waals surface area (Å²) in [6.45, 7) is 4.14. The lowest BCUT2D eigenvalue weighted by atomic mass is 9.84. The topological polar surface area (TPSA) is 56.4 Å². The minimum absolute atomic E-state index is 0.0301. The van der Waals surface area contributed by atoms with Crippen molar-refractivity contribution in [3.63, 3.8) is 0 Å². The van der Waals surface area contributed by atoms with E-state index in [9.17, 15) is 9.59 Å². The predicted octanol–water partition coefficient (Wildman–Crippen LogP) is 5.17. The van der Waals surface area contributed by atoms with Crippen molar-refractivity contribution in [1.82, 2.24) is 14.8 Å². The van der Waals surface area contributed by atoms with Gasteiger partial charge in [0.2, 0.25) is 11.8 Å². The molecule has 2 amide bonds. The van der Waals surface area contributed by atoms with E-state index in [2.05, 4.69) is 36.2 Å². The van der Waals surface area contributed by atoms with E-state index in [1.54, 1.807) is 0 Å². The van der Waals surface area contributed by atoms with E-state index in [-0.39, 0.29) is 24.3 Å². The van der Waals surface area contributed by atoms with E-state index in [0.29, 0.717) is 19.6 Å². The van der Waals surface area contributed by atoms with Crippen molar-refractivity contribution < 1.29 is 9.59 Å². The molecule has 3 aromatic rings. The van der Waals surface area contributed by atoms with Crippen LogP contribution < -0.4 is 0 Å². The van der Waals surface area contributed by atoms with Gasteiger partial charge in [-0.25, -0.2) is 0 Å². The van der Waals surface area contributed by atoms with E-state index < -0.39 is 0 Å². The molecule has 4 rings (SSSR count). The Labute approximate surface area is 196 Å². The van der Waals surface area contributed by atoms with E-state index in [0.717, 1.165) is 49.6 Å². The van der Waals surface area contributed by atoms with Gasteiger partial charge in [0, 0.05) is 42.7 Å². The van der Waals surface area contributed by atoms with Crippen LogP contribution in [-0.2, 0) is 22.6 Å². The average Bonchev–Trinajstić information content (AvgIpc) is 3.21. The highest BCUT2D eigenvalue weighted by atomic mass is 16.2. The number of benzene rings is 2. The summed E-state index contributed by atoms with van der Waals surface area (Å²) in [7, 11) is 0. The smallest absolute Gasteiger partial charge is 0.242 e. The van der Waals surface area contributed by atoms with Crippen molar-refractivity contribution >= 4 is 22.7 Å². The van der Waals surface area contributed by atoms with Crippen LogP contribution in [0.15, 0.2) is 60.8 Å². The van der Waals surface area contributed by atoms with Gasteiger partial charge >= 0.3 is 0 Å². The number of hydrogen-bond donors (Lipinski definition) is 1. The maximum absolute atomic E-state index is 13.5. The average molecular weight is 446 g/mol. The van der Waals surface area contributed by atoms with E-state index in [1.165, 1.54) is 10.9 Å². The number of aromatic amines is 1. The molecule has 0 aliphatic heterocycles. The minimum Gasteiger partial charge on any atom is -0.361 e. The van der Waals surface area contributed by atoms with Crippen LogP contribution in [0, 0.1) is 5.92 Å². The third kappa shape index (κ3) is 5.84. The molecular weight excluding hydrogens is 410 g/mol. The van der Waals surface area contributed by atoms with Crippen molar-refractivity contribution in [2.45, 2.75) is 52.0 Å². The maximum Gasteiger partial charge on any atom is 0.242 e. The monoisotopic (exact) mass is 445 g/mol. The molecule has 1 N–H and O–H groups in total. The summed E-state index contributed by atoms with van der Waals surface area (Å²) < 4.78 is 0. The van der Waals surface area contributed by atoms with Gasteiger partial charge in [0.05, 0.1) is 6.54 Å². The summed E-state index contributed by atoms with van der Waals surface area (Å²) in [5.74, 6) is 0.310. The Balaban J connectivity index is 1.48. The van der Waals surface area contributed by atoms with Gasteiger partial charge in [-0.15, -0.1) is 0 Å². The summed E-state index contributed by atoms with van der Waals surface area (Å²) in [4.78, 5) is 33.6. The fraction of sp³-hybridized carbons (Fsp3) is 0.429. The first kappa shape index (κ1) is 23.1. The molecule has 5 heteroatoms. The number of nitrogens with one attached hydrogen (secondary N) is 1. The van der Waals surface area contributed by atoms with Crippen LogP contribution in [0.25, 0.3) is 10.9 Å². The molecule has 1 saturated carbocycles. The molecule has 0 atom stereocenters. The molecule has 1 aliphatic carbocycles. The summed E-state index contributed by atoms with van der Waals surface area (Å²) in [5, 5.41) is 1.20. The molecule has 0 radical (unpaired) electrons. The predicted molar refractivity (Wildman–Crippen MR) is 133 cm³/mol. The number of H-pyrrole nitrogens is 1. The lowest BCUT2D eigenvalue weighted by Crippen LogP contribution is -2.46. The molecule has 2 aromatic carbocycles. The van der Waals surface area contributed by atoms with Crippen LogP contribution in [0.5, 0.6) is 0 Å². The van der Waals surface area contributed by atoms with Crippen molar-refractivity contribution in [3.8, 4) is 0 Å². The number of carbonyl (C=O) groups is 2. The Morgan fingerprint density at radius 1 is 0.970 bits per heavy atom. The van der Waals surface area contributed by atoms with Crippen molar-refractivity contribution in [2.75, 3.05) is 19.6 Å². The van der Waals surface area contributed by atoms with E-state index in [4.69, 9.17) is 0 Å². The second-order valence-corrected chi connectivity index (χ2v) is 9.15. The fourth-order valence-electron chi connectivity index (χ4n) is 4.48. The van der Waals surface area contributed by atoms with Crippen LogP contribution >= 0.6 is 0 Å². The largest absolute Gasteiger partial charge is 0.361 e. The number of rotatable bonds is 11. The maximum atomic E-state index is 13.5. The number of carbonyl (C=O) groups excluding carboxylic acids is 2. The van der Waals surface area contributed by atoms with E-state index >= 15 is 0 Å². The quantitative estimate of drug-likeness (QED) is 0.443.